The molecular weight excluding hydrogens is 208 g/mol. The van der Waals surface area contributed by atoms with Crippen LogP contribution in [0.3, 0.4) is 0 Å². The Balaban J connectivity index is 2.95. The molecule has 86 valence electrons. The van der Waals surface area contributed by atoms with Crippen molar-refractivity contribution >= 4 is 11.8 Å². The number of Topliss-reactive ketones (excluding diaryl/α,β-unsaturated/α-hetero) is 1. The fourth-order valence-electron chi connectivity index (χ4n) is 1.32. The summed E-state index contributed by atoms with van der Waals surface area (Å²) in [4.78, 5) is 22.1. The summed E-state index contributed by atoms with van der Waals surface area (Å²) < 4.78 is 5.30. The molecule has 0 unspecified atom stereocenters. The first-order valence-corrected chi connectivity index (χ1v) is 5.05. The Morgan fingerprint density at radius 3 is 2.50 bits per heavy atom. The molecule has 0 fully saturated rings. The summed E-state index contributed by atoms with van der Waals surface area (Å²) in [7, 11) is 0. The van der Waals surface area contributed by atoms with Gasteiger partial charge in [0.15, 0.2) is 11.9 Å². The molecule has 1 rings (SSSR count). The van der Waals surface area contributed by atoms with E-state index in [0.29, 0.717) is 17.7 Å². The standard InChI is InChI=1S/C12H14O4/c1-3-10(12(14)15)16-11-7-5-4-6-9(11)8(2)13/h4-7,10H,3H2,1-2H3,(H,14,15)/t10-/m0/s1. The second kappa shape index (κ2) is 5.30. The van der Waals surface area contributed by atoms with E-state index >= 15 is 0 Å². The number of hydrogen-bond donors (Lipinski definition) is 1. The molecule has 1 atom stereocenters. The maximum Gasteiger partial charge on any atom is 0.344 e. The smallest absolute Gasteiger partial charge is 0.344 e. The Bertz CT molecular complexity index is 398. The summed E-state index contributed by atoms with van der Waals surface area (Å²) >= 11 is 0. The molecule has 0 aliphatic heterocycles. The predicted molar refractivity (Wildman–Crippen MR) is 58.8 cm³/mol. The number of ketones is 1. The van der Waals surface area contributed by atoms with Crippen LogP contribution in [-0.4, -0.2) is 23.0 Å². The molecular formula is C12H14O4. The number of aliphatic carboxylic acids is 1. The maximum atomic E-state index is 11.3. The van der Waals surface area contributed by atoms with Crippen LogP contribution in [0.5, 0.6) is 5.75 Å². The molecule has 0 radical (unpaired) electrons. The minimum absolute atomic E-state index is 0.143. The summed E-state index contributed by atoms with van der Waals surface area (Å²) in [5, 5.41) is 8.85. The minimum atomic E-state index is -1.03. The van der Waals surface area contributed by atoms with Crippen molar-refractivity contribution < 1.29 is 19.4 Å². The van der Waals surface area contributed by atoms with Gasteiger partial charge < -0.3 is 9.84 Å². The molecule has 1 aromatic rings. The van der Waals surface area contributed by atoms with Crippen molar-refractivity contribution in [3.63, 3.8) is 0 Å². The molecule has 0 spiro atoms. The Labute approximate surface area is 93.9 Å². The lowest BCUT2D eigenvalue weighted by atomic mass is 10.1. The van der Waals surface area contributed by atoms with Gasteiger partial charge in [0.1, 0.15) is 5.75 Å². The summed E-state index contributed by atoms with van der Waals surface area (Å²) in [6.45, 7) is 3.14. The molecule has 4 nitrogen and oxygen atoms in total. The van der Waals surface area contributed by atoms with Gasteiger partial charge in [0, 0.05) is 0 Å². The average molecular weight is 222 g/mol. The van der Waals surface area contributed by atoms with E-state index in [2.05, 4.69) is 0 Å². The highest BCUT2D eigenvalue weighted by atomic mass is 16.5. The number of carbonyl (C=O) groups is 2. The van der Waals surface area contributed by atoms with Crippen LogP contribution < -0.4 is 4.74 Å². The molecule has 1 aromatic carbocycles. The van der Waals surface area contributed by atoms with Crippen LogP contribution in [0.25, 0.3) is 0 Å². The fourth-order valence-corrected chi connectivity index (χ4v) is 1.32. The van der Waals surface area contributed by atoms with Crippen molar-refractivity contribution in [1.82, 2.24) is 0 Å². The van der Waals surface area contributed by atoms with E-state index in [1.54, 1.807) is 31.2 Å². The Hall–Kier alpha value is -1.84. The molecule has 0 amide bonds. The van der Waals surface area contributed by atoms with Gasteiger partial charge in [-0.1, -0.05) is 19.1 Å². The van der Waals surface area contributed by atoms with Crippen LogP contribution in [0.15, 0.2) is 24.3 Å². The van der Waals surface area contributed by atoms with Crippen LogP contribution in [-0.2, 0) is 4.79 Å². The van der Waals surface area contributed by atoms with Gasteiger partial charge in [-0.2, -0.15) is 0 Å². The molecule has 0 aliphatic carbocycles. The second-order valence-electron chi connectivity index (χ2n) is 3.41. The fraction of sp³-hybridized carbons (Fsp3) is 0.333. The van der Waals surface area contributed by atoms with Crippen LogP contribution in [0, 0.1) is 0 Å². The van der Waals surface area contributed by atoms with Crippen molar-refractivity contribution in [2.45, 2.75) is 26.4 Å². The van der Waals surface area contributed by atoms with Crippen LogP contribution >= 0.6 is 0 Å². The molecule has 0 aromatic heterocycles. The van der Waals surface area contributed by atoms with Gasteiger partial charge in [0.2, 0.25) is 0 Å². The monoisotopic (exact) mass is 222 g/mol. The third kappa shape index (κ3) is 2.82. The average Bonchev–Trinajstić information content (AvgIpc) is 2.25. The topological polar surface area (TPSA) is 63.6 Å². The summed E-state index contributed by atoms with van der Waals surface area (Å²) in [5.41, 5.74) is 0.405. The van der Waals surface area contributed by atoms with Crippen molar-refractivity contribution in [1.29, 1.82) is 0 Å². The van der Waals surface area contributed by atoms with E-state index in [0.717, 1.165) is 0 Å². The molecule has 1 N–H and O–H groups in total. The largest absolute Gasteiger partial charge is 0.479 e. The molecule has 0 saturated carbocycles. The van der Waals surface area contributed by atoms with E-state index < -0.39 is 12.1 Å². The quantitative estimate of drug-likeness (QED) is 0.775. The number of carboxylic acids is 1. The van der Waals surface area contributed by atoms with E-state index in [9.17, 15) is 9.59 Å². The summed E-state index contributed by atoms with van der Waals surface area (Å²) in [6, 6.07) is 6.64. The number of rotatable bonds is 5. The first-order valence-electron chi connectivity index (χ1n) is 5.05. The Morgan fingerprint density at radius 1 is 1.38 bits per heavy atom. The lowest BCUT2D eigenvalue weighted by Gasteiger charge is -2.15. The second-order valence-corrected chi connectivity index (χ2v) is 3.41. The first kappa shape index (κ1) is 12.2. The maximum absolute atomic E-state index is 11.3. The highest BCUT2D eigenvalue weighted by Gasteiger charge is 2.19. The summed E-state index contributed by atoms with van der Waals surface area (Å²) in [5.74, 6) is -0.846. The normalized spacial score (nSPS) is 11.9. The SMILES string of the molecule is CC[C@H](Oc1ccccc1C(C)=O)C(=O)O. The van der Waals surface area contributed by atoms with Gasteiger partial charge >= 0.3 is 5.97 Å². The lowest BCUT2D eigenvalue weighted by Crippen LogP contribution is -2.26. The van der Waals surface area contributed by atoms with Crippen LogP contribution in [0.1, 0.15) is 30.6 Å². The van der Waals surface area contributed by atoms with Crippen LogP contribution in [0.2, 0.25) is 0 Å². The Kier molecular flexibility index (Phi) is 4.05. The third-order valence-corrected chi connectivity index (χ3v) is 2.18. The number of ether oxygens (including phenoxy) is 1. The van der Waals surface area contributed by atoms with Gasteiger partial charge in [-0.15, -0.1) is 0 Å². The molecule has 0 aliphatic rings. The van der Waals surface area contributed by atoms with Crippen molar-refractivity contribution in [2.24, 2.45) is 0 Å². The third-order valence-electron chi connectivity index (χ3n) is 2.18. The van der Waals surface area contributed by atoms with E-state index in [-0.39, 0.29) is 5.78 Å². The molecule has 0 bridgehead atoms. The zero-order chi connectivity index (χ0) is 12.1. The molecule has 0 heterocycles. The van der Waals surface area contributed by atoms with Crippen LogP contribution in [0.4, 0.5) is 0 Å². The zero-order valence-electron chi connectivity index (χ0n) is 9.27. The lowest BCUT2D eigenvalue weighted by molar-refractivity contribution is -0.145. The number of carbonyl (C=O) groups excluding carboxylic acids is 1. The highest BCUT2D eigenvalue weighted by molar-refractivity contribution is 5.96. The van der Waals surface area contributed by atoms with Crippen molar-refractivity contribution in [3.05, 3.63) is 29.8 Å². The first-order chi connectivity index (χ1) is 7.56. The van der Waals surface area contributed by atoms with Crippen molar-refractivity contribution in [3.8, 4) is 5.75 Å². The predicted octanol–water partition coefficient (Wildman–Crippen LogP) is 2.13. The zero-order valence-corrected chi connectivity index (χ0v) is 9.27. The Morgan fingerprint density at radius 2 is 2.00 bits per heavy atom. The highest BCUT2D eigenvalue weighted by Crippen LogP contribution is 2.20. The van der Waals surface area contributed by atoms with Gasteiger partial charge in [-0.25, -0.2) is 4.79 Å². The number of hydrogen-bond acceptors (Lipinski definition) is 3. The van der Waals surface area contributed by atoms with Gasteiger partial charge in [0.05, 0.1) is 5.56 Å². The van der Waals surface area contributed by atoms with Gasteiger partial charge in [-0.05, 0) is 25.5 Å². The molecule has 4 heteroatoms. The number of para-hydroxylation sites is 1. The number of carboxylic acid groups (broad SMARTS) is 1. The van der Waals surface area contributed by atoms with E-state index in [1.807, 2.05) is 0 Å². The van der Waals surface area contributed by atoms with Gasteiger partial charge in [-0.3, -0.25) is 4.79 Å². The number of benzene rings is 1. The molecule has 0 saturated heterocycles. The van der Waals surface area contributed by atoms with Gasteiger partial charge in [0.25, 0.3) is 0 Å². The molecule has 16 heavy (non-hydrogen) atoms. The van der Waals surface area contributed by atoms with Crippen molar-refractivity contribution in [2.75, 3.05) is 0 Å². The van der Waals surface area contributed by atoms with E-state index in [4.69, 9.17) is 9.84 Å². The summed E-state index contributed by atoms with van der Waals surface area (Å²) in [6.07, 6.45) is -0.567. The van der Waals surface area contributed by atoms with E-state index in [1.165, 1.54) is 6.92 Å². The minimum Gasteiger partial charge on any atom is -0.479 e.